The van der Waals surface area contributed by atoms with E-state index in [1.54, 1.807) is 4.90 Å². The molecule has 3 nitrogen and oxygen atoms in total. The van der Waals surface area contributed by atoms with E-state index in [2.05, 4.69) is 22.9 Å². The van der Waals surface area contributed by atoms with Gasteiger partial charge in [-0.25, -0.2) is 0 Å². The van der Waals surface area contributed by atoms with E-state index in [0.717, 1.165) is 25.2 Å². The van der Waals surface area contributed by atoms with Gasteiger partial charge in [0.1, 0.15) is 5.75 Å². The first-order valence-electron chi connectivity index (χ1n) is 6.67. The van der Waals surface area contributed by atoms with Crippen molar-refractivity contribution < 1.29 is 9.53 Å². The molecule has 0 radical (unpaired) electrons. The molecule has 0 heterocycles. The van der Waals surface area contributed by atoms with Gasteiger partial charge < -0.3 is 9.64 Å². The summed E-state index contributed by atoms with van der Waals surface area (Å²) in [4.78, 5) is 14.1. The predicted molar refractivity (Wildman–Crippen MR) is 82.2 cm³/mol. The monoisotopic (exact) mass is 327 g/mol. The maximum Gasteiger partial charge on any atom is 0.253 e. The van der Waals surface area contributed by atoms with E-state index in [4.69, 9.17) is 4.74 Å². The van der Waals surface area contributed by atoms with Crippen LogP contribution < -0.4 is 4.74 Å². The molecule has 0 spiro atoms. The molecule has 1 unspecified atom stereocenters. The van der Waals surface area contributed by atoms with Gasteiger partial charge in [0.2, 0.25) is 0 Å². The minimum absolute atomic E-state index is 0.0337. The standard InChI is InChI=1S/C15H22BrNO2/c1-4-5-10-19-14-8-6-13(7-9-14)15(18)17(3)11-12(2)16/h6-9,12H,4-5,10-11H2,1-3H3. The fourth-order valence-electron chi connectivity index (χ4n) is 1.71. The van der Waals surface area contributed by atoms with Crippen LogP contribution in [-0.2, 0) is 0 Å². The van der Waals surface area contributed by atoms with Crippen molar-refractivity contribution in [1.82, 2.24) is 4.90 Å². The van der Waals surface area contributed by atoms with Gasteiger partial charge >= 0.3 is 0 Å². The molecular formula is C15H22BrNO2. The molecule has 1 atom stereocenters. The summed E-state index contributed by atoms with van der Waals surface area (Å²) in [5.41, 5.74) is 0.693. The second kappa shape index (κ2) is 8.20. The van der Waals surface area contributed by atoms with Crippen molar-refractivity contribution in [2.45, 2.75) is 31.5 Å². The lowest BCUT2D eigenvalue weighted by molar-refractivity contribution is 0.0797. The first-order chi connectivity index (χ1) is 9.04. The smallest absolute Gasteiger partial charge is 0.253 e. The molecule has 1 aromatic rings. The Morgan fingerprint density at radius 3 is 2.53 bits per heavy atom. The zero-order valence-corrected chi connectivity index (χ0v) is 13.4. The molecule has 0 bridgehead atoms. The van der Waals surface area contributed by atoms with E-state index >= 15 is 0 Å². The third-order valence-electron chi connectivity index (χ3n) is 2.74. The van der Waals surface area contributed by atoms with Crippen LogP contribution in [0, 0.1) is 0 Å². The Hall–Kier alpha value is -1.03. The Kier molecular flexibility index (Phi) is 6.92. The van der Waals surface area contributed by atoms with Crippen molar-refractivity contribution in [2.24, 2.45) is 0 Å². The van der Waals surface area contributed by atoms with Crippen LogP contribution in [0.15, 0.2) is 24.3 Å². The first-order valence-corrected chi connectivity index (χ1v) is 7.58. The minimum Gasteiger partial charge on any atom is -0.494 e. The van der Waals surface area contributed by atoms with Gasteiger partial charge in [0.25, 0.3) is 5.91 Å². The molecule has 19 heavy (non-hydrogen) atoms. The van der Waals surface area contributed by atoms with Crippen LogP contribution in [0.4, 0.5) is 0 Å². The molecule has 0 saturated carbocycles. The number of carbonyl (C=O) groups excluding carboxylic acids is 1. The molecule has 1 rings (SSSR count). The van der Waals surface area contributed by atoms with Crippen molar-refractivity contribution in [3.05, 3.63) is 29.8 Å². The fourth-order valence-corrected chi connectivity index (χ4v) is 2.14. The number of halogens is 1. The highest BCUT2D eigenvalue weighted by molar-refractivity contribution is 9.09. The van der Waals surface area contributed by atoms with Gasteiger partial charge in [0, 0.05) is 24.0 Å². The van der Waals surface area contributed by atoms with Crippen LogP contribution in [0.5, 0.6) is 5.75 Å². The number of alkyl halides is 1. The number of amides is 1. The van der Waals surface area contributed by atoms with Crippen LogP contribution >= 0.6 is 15.9 Å². The molecule has 0 saturated heterocycles. The second-order valence-corrected chi connectivity index (χ2v) is 6.26. The third kappa shape index (κ3) is 5.64. The molecule has 0 N–H and O–H groups in total. The largest absolute Gasteiger partial charge is 0.494 e. The van der Waals surface area contributed by atoms with Gasteiger partial charge in [-0.05, 0) is 30.7 Å². The minimum atomic E-state index is 0.0337. The molecule has 0 aliphatic heterocycles. The van der Waals surface area contributed by atoms with Gasteiger partial charge in [-0.15, -0.1) is 0 Å². The normalized spacial score (nSPS) is 12.0. The zero-order valence-electron chi connectivity index (χ0n) is 11.9. The highest BCUT2D eigenvalue weighted by Gasteiger charge is 2.13. The van der Waals surface area contributed by atoms with Gasteiger partial charge in [-0.3, -0.25) is 4.79 Å². The van der Waals surface area contributed by atoms with E-state index < -0.39 is 0 Å². The summed E-state index contributed by atoms with van der Waals surface area (Å²) in [5.74, 6) is 0.855. The number of benzene rings is 1. The molecule has 106 valence electrons. The summed E-state index contributed by atoms with van der Waals surface area (Å²) >= 11 is 3.45. The summed E-state index contributed by atoms with van der Waals surface area (Å²) in [6.07, 6.45) is 2.17. The molecule has 0 aliphatic carbocycles. The summed E-state index contributed by atoms with van der Waals surface area (Å²) in [6, 6.07) is 7.35. The van der Waals surface area contributed by atoms with E-state index in [9.17, 15) is 4.79 Å². The lowest BCUT2D eigenvalue weighted by atomic mass is 10.2. The highest BCUT2D eigenvalue weighted by Crippen LogP contribution is 2.14. The highest BCUT2D eigenvalue weighted by atomic mass is 79.9. The number of nitrogens with zero attached hydrogens (tertiary/aromatic N) is 1. The van der Waals surface area contributed by atoms with Crippen LogP contribution in [0.2, 0.25) is 0 Å². The Bertz CT molecular complexity index is 390. The summed E-state index contributed by atoms with van der Waals surface area (Å²) in [7, 11) is 1.81. The summed E-state index contributed by atoms with van der Waals surface area (Å²) in [5, 5.41) is 0. The predicted octanol–water partition coefficient (Wildman–Crippen LogP) is 3.72. The first kappa shape index (κ1) is 16.0. The van der Waals surface area contributed by atoms with Gasteiger partial charge in [-0.2, -0.15) is 0 Å². The van der Waals surface area contributed by atoms with Crippen molar-refractivity contribution in [2.75, 3.05) is 20.2 Å². The Labute approximate surface area is 124 Å². The molecule has 1 aromatic carbocycles. The average molecular weight is 328 g/mol. The van der Waals surface area contributed by atoms with Crippen LogP contribution in [0.25, 0.3) is 0 Å². The molecule has 0 aromatic heterocycles. The van der Waals surface area contributed by atoms with E-state index in [1.807, 2.05) is 38.2 Å². The average Bonchev–Trinajstić information content (AvgIpc) is 2.38. The van der Waals surface area contributed by atoms with E-state index in [0.29, 0.717) is 12.1 Å². The van der Waals surface area contributed by atoms with Gasteiger partial charge in [-0.1, -0.05) is 36.2 Å². The maximum atomic E-state index is 12.1. The number of unbranched alkanes of at least 4 members (excludes halogenated alkanes) is 1. The van der Waals surface area contributed by atoms with Gasteiger partial charge in [0.05, 0.1) is 6.61 Å². The lowest BCUT2D eigenvalue weighted by Crippen LogP contribution is -2.31. The number of ether oxygens (including phenoxy) is 1. The Morgan fingerprint density at radius 2 is 2.00 bits per heavy atom. The fraction of sp³-hybridized carbons (Fsp3) is 0.533. The number of rotatable bonds is 7. The molecule has 0 fully saturated rings. The topological polar surface area (TPSA) is 29.5 Å². The summed E-state index contributed by atoms with van der Waals surface area (Å²) < 4.78 is 5.57. The van der Waals surface area contributed by atoms with Crippen molar-refractivity contribution >= 4 is 21.8 Å². The van der Waals surface area contributed by atoms with Crippen molar-refractivity contribution in [3.8, 4) is 5.75 Å². The molecule has 4 heteroatoms. The van der Waals surface area contributed by atoms with Crippen molar-refractivity contribution in [1.29, 1.82) is 0 Å². The van der Waals surface area contributed by atoms with Gasteiger partial charge in [0.15, 0.2) is 0 Å². The quantitative estimate of drug-likeness (QED) is 0.564. The number of hydrogen-bond acceptors (Lipinski definition) is 2. The lowest BCUT2D eigenvalue weighted by Gasteiger charge is -2.18. The zero-order chi connectivity index (χ0) is 14.3. The van der Waals surface area contributed by atoms with Crippen LogP contribution in [-0.4, -0.2) is 35.8 Å². The Balaban J connectivity index is 2.57. The maximum absolute atomic E-state index is 12.1. The SMILES string of the molecule is CCCCOc1ccc(C(=O)N(C)CC(C)Br)cc1. The Morgan fingerprint density at radius 1 is 1.37 bits per heavy atom. The number of carbonyl (C=O) groups is 1. The van der Waals surface area contributed by atoms with Crippen LogP contribution in [0.1, 0.15) is 37.0 Å². The molecule has 1 amide bonds. The third-order valence-corrected chi connectivity index (χ3v) is 3.03. The number of hydrogen-bond donors (Lipinski definition) is 0. The summed E-state index contributed by atoms with van der Waals surface area (Å²) in [6.45, 7) is 5.57. The second-order valence-electron chi connectivity index (χ2n) is 4.69. The van der Waals surface area contributed by atoms with E-state index in [1.165, 1.54) is 0 Å². The van der Waals surface area contributed by atoms with Crippen LogP contribution in [0.3, 0.4) is 0 Å². The van der Waals surface area contributed by atoms with E-state index in [-0.39, 0.29) is 10.7 Å². The van der Waals surface area contributed by atoms with Crippen molar-refractivity contribution in [3.63, 3.8) is 0 Å². The molecular weight excluding hydrogens is 306 g/mol. The molecule has 0 aliphatic rings.